The third kappa shape index (κ3) is 4.89. The van der Waals surface area contributed by atoms with Crippen LogP contribution in [-0.4, -0.2) is 11.6 Å². The van der Waals surface area contributed by atoms with Crippen LogP contribution in [0.5, 0.6) is 5.75 Å². The highest BCUT2D eigenvalue weighted by Crippen LogP contribution is 2.30. The molecular weight excluding hydrogens is 264 g/mol. The predicted octanol–water partition coefficient (Wildman–Crippen LogP) is 3.88. The van der Waals surface area contributed by atoms with Gasteiger partial charge in [0.2, 0.25) is 0 Å². The van der Waals surface area contributed by atoms with E-state index in [0.717, 1.165) is 22.3 Å². The maximum absolute atomic E-state index is 10.5. The zero-order valence-electron chi connectivity index (χ0n) is 12.4. The predicted molar refractivity (Wildman–Crippen MR) is 85.1 cm³/mol. The van der Waals surface area contributed by atoms with Crippen LogP contribution in [0.2, 0.25) is 0 Å². The number of allylic oxidation sites excluding steroid dienone is 1. The topological polar surface area (TPSA) is 46.5 Å². The molecule has 2 aromatic carbocycles. The van der Waals surface area contributed by atoms with Gasteiger partial charge in [0.1, 0.15) is 5.75 Å². The van der Waals surface area contributed by atoms with Crippen LogP contribution in [0.25, 0.3) is 11.1 Å². The smallest absolute Gasteiger partial charge is 0.298 e. The summed E-state index contributed by atoms with van der Waals surface area (Å²) in [5, 5.41) is 9.00. The Bertz CT molecular complexity index is 586. The fourth-order valence-electron chi connectivity index (χ4n) is 1.81. The van der Waals surface area contributed by atoms with Crippen LogP contribution >= 0.6 is 0 Å². The van der Waals surface area contributed by atoms with Gasteiger partial charge in [-0.3, -0.25) is 4.79 Å². The number of hydrogen-bond donors (Lipinski definition) is 1. The first-order valence-corrected chi connectivity index (χ1v) is 6.64. The molecule has 0 bridgehead atoms. The minimum absolute atomic E-state index is 0.0197. The normalized spacial score (nSPS) is 9.29. The monoisotopic (exact) mass is 284 g/mol. The molecule has 0 heterocycles. The molecule has 0 atom stereocenters. The first-order valence-electron chi connectivity index (χ1n) is 6.64. The SMILES string of the molecule is C=CC.Cc1ccc(-c2ccc(CO)cc2)c(OC=O)c1. The fraction of sp³-hybridized carbons (Fsp3) is 0.167. The van der Waals surface area contributed by atoms with E-state index in [9.17, 15) is 4.79 Å². The molecule has 0 aliphatic rings. The van der Waals surface area contributed by atoms with Crippen LogP contribution in [0.1, 0.15) is 18.1 Å². The van der Waals surface area contributed by atoms with Crippen molar-refractivity contribution >= 4 is 6.47 Å². The van der Waals surface area contributed by atoms with Gasteiger partial charge in [-0.2, -0.15) is 0 Å². The summed E-state index contributed by atoms with van der Waals surface area (Å²) in [7, 11) is 0. The molecular formula is C18H20O3. The van der Waals surface area contributed by atoms with E-state index in [0.29, 0.717) is 12.2 Å². The second kappa shape index (κ2) is 8.72. The first-order chi connectivity index (χ1) is 10.2. The van der Waals surface area contributed by atoms with E-state index in [1.807, 2.05) is 56.3 Å². The molecule has 0 unspecified atom stereocenters. The molecule has 0 amide bonds. The summed E-state index contributed by atoms with van der Waals surface area (Å²) in [5.74, 6) is 0.543. The van der Waals surface area contributed by atoms with Crippen molar-refractivity contribution in [2.24, 2.45) is 0 Å². The van der Waals surface area contributed by atoms with Gasteiger partial charge in [-0.15, -0.1) is 6.58 Å². The van der Waals surface area contributed by atoms with Gasteiger partial charge < -0.3 is 9.84 Å². The Labute approximate surface area is 125 Å². The maximum atomic E-state index is 10.5. The molecule has 0 aliphatic carbocycles. The second-order valence-electron chi connectivity index (χ2n) is 4.48. The number of aliphatic hydroxyl groups excluding tert-OH is 1. The number of carbonyl (C=O) groups is 1. The Kier molecular flexibility index (Phi) is 6.92. The molecule has 110 valence electrons. The highest BCUT2D eigenvalue weighted by Gasteiger charge is 2.06. The van der Waals surface area contributed by atoms with Gasteiger partial charge >= 0.3 is 0 Å². The largest absolute Gasteiger partial charge is 0.428 e. The van der Waals surface area contributed by atoms with Crippen molar-refractivity contribution in [1.82, 2.24) is 0 Å². The number of rotatable bonds is 4. The Morgan fingerprint density at radius 3 is 2.33 bits per heavy atom. The van der Waals surface area contributed by atoms with Crippen molar-refractivity contribution in [1.29, 1.82) is 0 Å². The average molecular weight is 284 g/mol. The number of benzene rings is 2. The molecule has 2 rings (SSSR count). The van der Waals surface area contributed by atoms with Crippen LogP contribution in [-0.2, 0) is 11.4 Å². The molecule has 0 aromatic heterocycles. The Morgan fingerprint density at radius 1 is 1.19 bits per heavy atom. The third-order valence-electron chi connectivity index (χ3n) is 2.76. The lowest BCUT2D eigenvalue weighted by atomic mass is 10.0. The van der Waals surface area contributed by atoms with Crippen LogP contribution in [0.4, 0.5) is 0 Å². The molecule has 0 saturated heterocycles. The Hall–Kier alpha value is -2.39. The van der Waals surface area contributed by atoms with E-state index in [1.54, 1.807) is 6.08 Å². The molecule has 2 aromatic rings. The highest BCUT2D eigenvalue weighted by atomic mass is 16.5. The number of ether oxygens (including phenoxy) is 1. The third-order valence-corrected chi connectivity index (χ3v) is 2.76. The van der Waals surface area contributed by atoms with Crippen molar-refractivity contribution in [2.45, 2.75) is 20.5 Å². The maximum Gasteiger partial charge on any atom is 0.298 e. The summed E-state index contributed by atoms with van der Waals surface area (Å²) < 4.78 is 5.00. The summed E-state index contributed by atoms with van der Waals surface area (Å²) in [6.45, 7) is 7.64. The lowest BCUT2D eigenvalue weighted by Crippen LogP contribution is -1.93. The fourth-order valence-corrected chi connectivity index (χ4v) is 1.81. The van der Waals surface area contributed by atoms with E-state index < -0.39 is 0 Å². The summed E-state index contributed by atoms with van der Waals surface area (Å²) in [6.07, 6.45) is 1.75. The van der Waals surface area contributed by atoms with E-state index in [2.05, 4.69) is 6.58 Å². The zero-order valence-corrected chi connectivity index (χ0v) is 12.4. The molecule has 0 spiro atoms. The van der Waals surface area contributed by atoms with Crippen molar-refractivity contribution in [2.75, 3.05) is 0 Å². The molecule has 0 radical (unpaired) electrons. The van der Waals surface area contributed by atoms with Crippen molar-refractivity contribution in [3.63, 3.8) is 0 Å². The first kappa shape index (κ1) is 16.7. The van der Waals surface area contributed by atoms with E-state index in [1.165, 1.54) is 0 Å². The minimum Gasteiger partial charge on any atom is -0.428 e. The number of carbonyl (C=O) groups excluding carboxylic acids is 1. The number of aliphatic hydroxyl groups is 1. The molecule has 0 aliphatic heterocycles. The van der Waals surface area contributed by atoms with Crippen LogP contribution in [0.3, 0.4) is 0 Å². The van der Waals surface area contributed by atoms with Gasteiger partial charge in [-0.1, -0.05) is 42.5 Å². The van der Waals surface area contributed by atoms with E-state index in [-0.39, 0.29) is 6.61 Å². The van der Waals surface area contributed by atoms with Crippen molar-refractivity contribution in [3.8, 4) is 16.9 Å². The highest BCUT2D eigenvalue weighted by molar-refractivity contribution is 5.72. The summed E-state index contributed by atoms with van der Waals surface area (Å²) in [5.41, 5.74) is 3.69. The van der Waals surface area contributed by atoms with Gasteiger partial charge in [0.15, 0.2) is 0 Å². The lowest BCUT2D eigenvalue weighted by molar-refractivity contribution is -0.120. The molecule has 21 heavy (non-hydrogen) atoms. The van der Waals surface area contributed by atoms with Gasteiger partial charge in [0.25, 0.3) is 6.47 Å². The van der Waals surface area contributed by atoms with Gasteiger partial charge in [0, 0.05) is 5.56 Å². The minimum atomic E-state index is 0.0197. The van der Waals surface area contributed by atoms with Gasteiger partial charge in [-0.25, -0.2) is 0 Å². The quantitative estimate of drug-likeness (QED) is 0.684. The molecule has 0 saturated carbocycles. The summed E-state index contributed by atoms with van der Waals surface area (Å²) in [4.78, 5) is 10.5. The molecule has 3 nitrogen and oxygen atoms in total. The summed E-state index contributed by atoms with van der Waals surface area (Å²) >= 11 is 0. The Balaban J connectivity index is 0.000000677. The summed E-state index contributed by atoms with van der Waals surface area (Å²) in [6, 6.07) is 13.2. The van der Waals surface area contributed by atoms with Crippen LogP contribution in [0, 0.1) is 6.92 Å². The van der Waals surface area contributed by atoms with Crippen LogP contribution < -0.4 is 4.74 Å². The van der Waals surface area contributed by atoms with Crippen molar-refractivity contribution < 1.29 is 14.6 Å². The molecule has 0 fully saturated rings. The lowest BCUT2D eigenvalue weighted by Gasteiger charge is -2.09. The van der Waals surface area contributed by atoms with E-state index in [4.69, 9.17) is 9.84 Å². The van der Waals surface area contributed by atoms with Gasteiger partial charge in [-0.05, 0) is 36.6 Å². The van der Waals surface area contributed by atoms with Crippen molar-refractivity contribution in [3.05, 3.63) is 66.2 Å². The van der Waals surface area contributed by atoms with Crippen LogP contribution in [0.15, 0.2) is 55.1 Å². The molecule has 1 N–H and O–H groups in total. The number of hydrogen-bond acceptors (Lipinski definition) is 3. The van der Waals surface area contributed by atoms with Gasteiger partial charge in [0.05, 0.1) is 6.61 Å². The number of aryl methyl sites for hydroxylation is 1. The molecule has 3 heteroatoms. The standard InChI is InChI=1S/C15H14O3.C3H6/c1-11-2-7-14(15(8-11)18-10-17)13-5-3-12(9-16)4-6-13;1-3-2/h2-8,10,16H,9H2,1H3;3H,1H2,2H3. The zero-order chi connectivity index (χ0) is 15.7. The average Bonchev–Trinajstić information content (AvgIpc) is 2.49. The Morgan fingerprint density at radius 2 is 1.81 bits per heavy atom. The van der Waals surface area contributed by atoms with E-state index >= 15 is 0 Å². The second-order valence-corrected chi connectivity index (χ2v) is 4.48.